The minimum Gasteiger partial charge on any atom is -0.310 e. The summed E-state index contributed by atoms with van der Waals surface area (Å²) < 4.78 is 2.70. The minimum atomic E-state index is -0.176. The minimum absolute atomic E-state index is 0.0658. The highest BCUT2D eigenvalue weighted by molar-refractivity contribution is 7.00. The molecule has 14 rings (SSSR count). The molecule has 0 bridgehead atoms. The Kier molecular flexibility index (Phi) is 12.6. The van der Waals surface area contributed by atoms with Crippen molar-refractivity contribution in [1.82, 2.24) is 4.57 Å². The van der Waals surface area contributed by atoms with Crippen molar-refractivity contribution in [3.8, 4) is 50.2 Å². The van der Waals surface area contributed by atoms with Crippen LogP contribution in [0.5, 0.6) is 0 Å². The Morgan fingerprint density at radius 1 is 0.282 bits per heavy atom. The highest BCUT2D eigenvalue weighted by Crippen LogP contribution is 2.51. The number of benzene rings is 11. The highest BCUT2D eigenvalue weighted by Gasteiger charge is 2.44. The normalized spacial score (nSPS) is 13.1. The first kappa shape index (κ1) is 54.1. The van der Waals surface area contributed by atoms with Gasteiger partial charge in [-0.2, -0.15) is 0 Å². The maximum Gasteiger partial charge on any atom is 0.252 e. The number of nitrogens with zero attached hydrogens (tertiary/aromatic N) is 2. The van der Waals surface area contributed by atoms with Gasteiger partial charge in [0.15, 0.2) is 0 Å². The Morgan fingerprint density at radius 2 is 0.729 bits per heavy atom. The molecule has 0 radical (unpaired) electrons. The number of fused-ring (bicyclic) bond motifs is 11. The van der Waals surface area contributed by atoms with E-state index in [0.29, 0.717) is 0 Å². The molecule has 12 aromatic rings. The van der Waals surface area contributed by atoms with Crippen LogP contribution in [0.3, 0.4) is 0 Å². The van der Waals surface area contributed by atoms with Gasteiger partial charge in [0.2, 0.25) is 0 Å². The zero-order valence-electron chi connectivity index (χ0n) is 51.5. The van der Waals surface area contributed by atoms with Crippen LogP contribution in [0.15, 0.2) is 237 Å². The van der Waals surface area contributed by atoms with Crippen molar-refractivity contribution in [2.24, 2.45) is 0 Å². The molecule has 2 aliphatic heterocycles. The summed E-state index contributed by atoms with van der Waals surface area (Å²) in [6.45, 7) is 28.0. The van der Waals surface area contributed by atoms with Gasteiger partial charge in [-0.1, -0.05) is 289 Å². The van der Waals surface area contributed by atoms with Gasteiger partial charge < -0.3 is 9.47 Å². The lowest BCUT2D eigenvalue weighted by atomic mass is 9.33. The smallest absolute Gasteiger partial charge is 0.252 e. The molecule has 416 valence electrons. The number of rotatable bonds is 5. The molecule has 3 heteroatoms. The summed E-state index contributed by atoms with van der Waals surface area (Å²) in [5.41, 5.74) is 25.4. The molecule has 0 aliphatic carbocycles. The molecule has 0 saturated carbocycles. The van der Waals surface area contributed by atoms with E-state index in [0.717, 1.165) is 11.2 Å². The van der Waals surface area contributed by atoms with Crippen LogP contribution < -0.4 is 21.3 Å². The molecule has 85 heavy (non-hydrogen) atoms. The van der Waals surface area contributed by atoms with Crippen molar-refractivity contribution >= 4 is 83.5 Å². The first-order chi connectivity index (χ1) is 40.7. The van der Waals surface area contributed by atoms with Crippen molar-refractivity contribution in [3.63, 3.8) is 0 Å². The van der Waals surface area contributed by atoms with E-state index in [2.05, 4.69) is 329 Å². The fourth-order valence-corrected chi connectivity index (χ4v) is 13.7. The number of hydrogen-bond donors (Lipinski definition) is 0. The van der Waals surface area contributed by atoms with E-state index in [1.165, 1.54) is 138 Å². The van der Waals surface area contributed by atoms with E-state index >= 15 is 0 Å². The van der Waals surface area contributed by atoms with Gasteiger partial charge >= 0.3 is 0 Å². The second kappa shape index (κ2) is 19.9. The van der Waals surface area contributed by atoms with Crippen molar-refractivity contribution in [3.05, 3.63) is 259 Å². The summed E-state index contributed by atoms with van der Waals surface area (Å²) in [6, 6.07) is 91.2. The highest BCUT2D eigenvalue weighted by atomic mass is 15.2. The number of hydrogen-bond acceptors (Lipinski definition) is 1. The molecule has 0 N–H and O–H groups in total. The van der Waals surface area contributed by atoms with Gasteiger partial charge in [0.05, 0.1) is 11.2 Å². The van der Waals surface area contributed by atoms with E-state index in [4.69, 9.17) is 0 Å². The van der Waals surface area contributed by atoms with Gasteiger partial charge in [-0.3, -0.25) is 0 Å². The SMILES string of the molecule is CC(C)(C)c1cccc(-c2cc3c4c(c2)-n2c5ccccc5c5ccccc5c5ccccc5c5cc(-c6cc(C(C)(C)C)cc(C(C)(C)C)c6)cc(c52)B4c2ccc(C(C)(C)C)cc2N3c2c(-c3ccccc3)cccc2-c2ccccc2)c1. The first-order valence-electron chi connectivity index (χ1n) is 30.6. The number of para-hydroxylation sites is 2. The van der Waals surface area contributed by atoms with Gasteiger partial charge in [-0.15, -0.1) is 0 Å². The van der Waals surface area contributed by atoms with E-state index in [1.807, 2.05) is 0 Å². The standard InChI is InChI=1S/C82H75BN2/c1-79(2,3)58-32-25-31-54(43-58)57-48-74-76-75(49-57)85(77-62(52-27-15-13-16-28-52)38-26-39-63(77)53-29-17-14-18-30-53)73-51-59(80(4,5)6)41-42-70(73)83(76)71-47-56(55-44-60(81(7,8)9)50-61(45-55)82(10,11)12)46-69-67-36-22-20-34-65(67)64-33-19-21-35-66(64)68-37-23-24-40-72(68)84(74)78(69)71/h13-51H,1-12H3. The van der Waals surface area contributed by atoms with Crippen LogP contribution in [-0.4, -0.2) is 11.3 Å². The lowest BCUT2D eigenvalue weighted by Gasteiger charge is -2.43. The Bertz CT molecular complexity index is 4650. The molecule has 3 heterocycles. The Balaban J connectivity index is 1.26. The van der Waals surface area contributed by atoms with Crippen molar-refractivity contribution in [1.29, 1.82) is 0 Å². The number of anilines is 3. The second-order valence-electron chi connectivity index (χ2n) is 28.2. The van der Waals surface area contributed by atoms with Crippen molar-refractivity contribution < 1.29 is 0 Å². The molecule has 2 aliphatic rings. The Morgan fingerprint density at radius 3 is 1.31 bits per heavy atom. The molecule has 0 fully saturated rings. The Hall–Kier alpha value is -8.92. The van der Waals surface area contributed by atoms with Gasteiger partial charge in [-0.25, -0.2) is 0 Å². The van der Waals surface area contributed by atoms with Gasteiger partial charge in [0.1, 0.15) is 0 Å². The summed E-state index contributed by atoms with van der Waals surface area (Å²) in [7, 11) is 0. The van der Waals surface area contributed by atoms with Gasteiger partial charge in [-0.05, 0) is 146 Å². The molecule has 1 aromatic heterocycles. The van der Waals surface area contributed by atoms with Crippen LogP contribution in [0, 0.1) is 0 Å². The monoisotopic (exact) mass is 1100 g/mol. The fraction of sp³-hybridized carbons (Fsp3) is 0.195. The lowest BCUT2D eigenvalue weighted by Crippen LogP contribution is -2.60. The maximum absolute atomic E-state index is 2.70. The van der Waals surface area contributed by atoms with Gasteiger partial charge in [0.25, 0.3) is 6.71 Å². The fourth-order valence-electron chi connectivity index (χ4n) is 13.7. The zero-order valence-corrected chi connectivity index (χ0v) is 51.5. The molecule has 0 amide bonds. The van der Waals surface area contributed by atoms with E-state index in [9.17, 15) is 0 Å². The van der Waals surface area contributed by atoms with Crippen LogP contribution in [0.4, 0.5) is 17.1 Å². The van der Waals surface area contributed by atoms with E-state index < -0.39 is 0 Å². The summed E-state index contributed by atoms with van der Waals surface area (Å²) in [4.78, 5) is 2.70. The van der Waals surface area contributed by atoms with E-state index in [-0.39, 0.29) is 28.4 Å². The summed E-state index contributed by atoms with van der Waals surface area (Å²) in [5, 5.41) is 7.29. The summed E-state index contributed by atoms with van der Waals surface area (Å²) >= 11 is 0. The molecular formula is C82H75BN2. The van der Waals surface area contributed by atoms with Crippen LogP contribution in [-0.2, 0) is 21.7 Å². The molecule has 0 atom stereocenters. The lowest BCUT2D eigenvalue weighted by molar-refractivity contribution is 0.569. The van der Waals surface area contributed by atoms with E-state index in [1.54, 1.807) is 0 Å². The average Bonchev–Trinajstić information content (AvgIpc) is 1.49. The quantitative estimate of drug-likeness (QED) is 0.156. The third kappa shape index (κ3) is 9.17. The van der Waals surface area contributed by atoms with Crippen molar-refractivity contribution in [2.75, 3.05) is 4.90 Å². The molecular weight excluding hydrogens is 1020 g/mol. The van der Waals surface area contributed by atoms with Crippen molar-refractivity contribution in [2.45, 2.75) is 105 Å². The molecule has 11 aromatic carbocycles. The predicted octanol–water partition coefficient (Wildman–Crippen LogP) is 20.7. The third-order valence-electron chi connectivity index (χ3n) is 18.4. The first-order valence-corrected chi connectivity index (χ1v) is 30.6. The van der Waals surface area contributed by atoms with Crippen LogP contribution in [0.2, 0.25) is 0 Å². The molecule has 0 saturated heterocycles. The Labute approximate surface area is 503 Å². The zero-order chi connectivity index (χ0) is 58.9. The maximum atomic E-state index is 2.70. The second-order valence-corrected chi connectivity index (χ2v) is 28.2. The molecule has 2 nitrogen and oxygen atoms in total. The van der Waals surface area contributed by atoms with Crippen LogP contribution in [0.1, 0.15) is 105 Å². The van der Waals surface area contributed by atoms with Crippen LogP contribution in [0.25, 0.3) is 93.5 Å². The summed E-state index contributed by atoms with van der Waals surface area (Å²) in [6.07, 6.45) is 0. The molecule has 0 spiro atoms. The largest absolute Gasteiger partial charge is 0.310 e. The number of aromatic nitrogens is 1. The average molecular weight is 1100 g/mol. The predicted molar refractivity (Wildman–Crippen MR) is 369 cm³/mol. The third-order valence-corrected chi connectivity index (χ3v) is 18.4. The summed E-state index contributed by atoms with van der Waals surface area (Å²) in [5.74, 6) is 0. The molecule has 0 unspecified atom stereocenters. The van der Waals surface area contributed by atoms with Crippen LogP contribution >= 0.6 is 0 Å². The topological polar surface area (TPSA) is 8.17 Å². The van der Waals surface area contributed by atoms with Gasteiger partial charge in [0, 0.05) is 44.5 Å².